The Bertz CT molecular complexity index is 834. The lowest BCUT2D eigenvalue weighted by molar-refractivity contribution is -0.132. The third kappa shape index (κ3) is 2.36. The average Bonchev–Trinajstić information content (AvgIpc) is 3.06. The van der Waals surface area contributed by atoms with Gasteiger partial charge in [-0.05, 0) is 37.6 Å². The molecule has 1 aliphatic heterocycles. The highest BCUT2D eigenvalue weighted by atomic mass is 16.3. The summed E-state index contributed by atoms with van der Waals surface area (Å²) in [6.07, 6.45) is 0. The van der Waals surface area contributed by atoms with Crippen molar-refractivity contribution in [2.24, 2.45) is 0 Å². The molecule has 2 aromatic rings. The fourth-order valence-electron chi connectivity index (χ4n) is 2.65. The summed E-state index contributed by atoms with van der Waals surface area (Å²) in [6.45, 7) is 3.43. The molecule has 0 saturated carbocycles. The van der Waals surface area contributed by atoms with Gasteiger partial charge >= 0.3 is 6.03 Å². The molecule has 0 bridgehead atoms. The second kappa shape index (κ2) is 5.29. The van der Waals surface area contributed by atoms with Crippen LogP contribution >= 0.6 is 0 Å². The molecule has 6 heteroatoms. The Balaban J connectivity index is 1.92. The lowest BCUT2D eigenvalue weighted by Crippen LogP contribution is -2.40. The van der Waals surface area contributed by atoms with Gasteiger partial charge in [0.2, 0.25) is 0 Å². The van der Waals surface area contributed by atoms with Gasteiger partial charge in [-0.1, -0.05) is 18.2 Å². The van der Waals surface area contributed by atoms with E-state index in [0.717, 1.165) is 4.90 Å². The molecule has 1 atom stereocenters. The van der Waals surface area contributed by atoms with Gasteiger partial charge in [-0.15, -0.1) is 0 Å². The number of amides is 3. The second-order valence-corrected chi connectivity index (χ2v) is 5.63. The second-order valence-electron chi connectivity index (χ2n) is 5.63. The SMILES string of the molecule is Cc1ccc([C@]2(C)NC(=O)N(Cc3ccccc3C#N)C2=O)o1. The molecule has 1 fully saturated rings. The molecule has 116 valence electrons. The van der Waals surface area contributed by atoms with Crippen molar-refractivity contribution in [3.63, 3.8) is 0 Å². The van der Waals surface area contributed by atoms with Gasteiger partial charge in [-0.2, -0.15) is 5.26 Å². The number of carbonyl (C=O) groups excluding carboxylic acids is 2. The minimum atomic E-state index is -1.23. The van der Waals surface area contributed by atoms with Crippen molar-refractivity contribution in [2.75, 3.05) is 0 Å². The van der Waals surface area contributed by atoms with Crippen LogP contribution in [0.15, 0.2) is 40.8 Å². The normalized spacial score (nSPS) is 20.5. The number of urea groups is 1. The highest BCUT2D eigenvalue weighted by molar-refractivity contribution is 6.06. The van der Waals surface area contributed by atoms with E-state index in [-0.39, 0.29) is 6.54 Å². The molecule has 1 aromatic heterocycles. The molecule has 1 aromatic carbocycles. The molecule has 3 amide bonds. The number of carbonyl (C=O) groups is 2. The number of nitrogens with zero attached hydrogens (tertiary/aromatic N) is 2. The summed E-state index contributed by atoms with van der Waals surface area (Å²) in [6, 6.07) is 11.9. The van der Waals surface area contributed by atoms with E-state index < -0.39 is 17.5 Å². The minimum Gasteiger partial charge on any atom is -0.463 e. The van der Waals surface area contributed by atoms with Crippen LogP contribution in [0.25, 0.3) is 0 Å². The summed E-state index contributed by atoms with van der Waals surface area (Å²) in [4.78, 5) is 26.1. The van der Waals surface area contributed by atoms with E-state index in [1.165, 1.54) is 0 Å². The molecule has 23 heavy (non-hydrogen) atoms. The monoisotopic (exact) mass is 309 g/mol. The Morgan fingerprint density at radius 1 is 1.26 bits per heavy atom. The number of hydrogen-bond acceptors (Lipinski definition) is 4. The molecular weight excluding hydrogens is 294 g/mol. The van der Waals surface area contributed by atoms with Crippen LogP contribution in [0.4, 0.5) is 4.79 Å². The van der Waals surface area contributed by atoms with Gasteiger partial charge in [0.15, 0.2) is 5.54 Å². The van der Waals surface area contributed by atoms with Crippen LogP contribution in [-0.4, -0.2) is 16.8 Å². The Labute approximate surface area is 133 Å². The van der Waals surface area contributed by atoms with Gasteiger partial charge in [0.1, 0.15) is 11.5 Å². The van der Waals surface area contributed by atoms with Gasteiger partial charge < -0.3 is 9.73 Å². The van der Waals surface area contributed by atoms with Crippen LogP contribution in [0.5, 0.6) is 0 Å². The van der Waals surface area contributed by atoms with E-state index in [1.54, 1.807) is 50.2 Å². The summed E-state index contributed by atoms with van der Waals surface area (Å²) >= 11 is 0. The molecule has 1 saturated heterocycles. The lowest BCUT2D eigenvalue weighted by atomic mass is 9.99. The first-order valence-corrected chi connectivity index (χ1v) is 7.15. The van der Waals surface area contributed by atoms with Crippen molar-refractivity contribution in [1.29, 1.82) is 5.26 Å². The number of rotatable bonds is 3. The van der Waals surface area contributed by atoms with Crippen LogP contribution in [0.2, 0.25) is 0 Å². The standard InChI is InChI=1S/C17H15N3O3/c1-11-7-8-14(23-11)17(2)15(21)20(16(22)19-17)10-13-6-4-3-5-12(13)9-18/h3-8H,10H2,1-2H3,(H,19,22)/t17-/m0/s1. The van der Waals surface area contributed by atoms with Crippen LogP contribution in [-0.2, 0) is 16.9 Å². The molecule has 0 aliphatic carbocycles. The molecule has 0 spiro atoms. The topological polar surface area (TPSA) is 86.3 Å². The first-order chi connectivity index (χ1) is 11.0. The first-order valence-electron chi connectivity index (χ1n) is 7.15. The van der Waals surface area contributed by atoms with E-state index in [1.807, 2.05) is 0 Å². The zero-order valence-corrected chi connectivity index (χ0v) is 12.8. The van der Waals surface area contributed by atoms with Crippen LogP contribution in [0.3, 0.4) is 0 Å². The molecule has 2 heterocycles. The van der Waals surface area contributed by atoms with Gasteiger partial charge in [0.05, 0.1) is 18.2 Å². The maximum Gasteiger partial charge on any atom is 0.325 e. The largest absolute Gasteiger partial charge is 0.463 e. The van der Waals surface area contributed by atoms with Gasteiger partial charge in [0, 0.05) is 0 Å². The van der Waals surface area contributed by atoms with E-state index >= 15 is 0 Å². The van der Waals surface area contributed by atoms with Crippen LogP contribution in [0.1, 0.15) is 29.6 Å². The molecule has 1 aliphatic rings. The van der Waals surface area contributed by atoms with Gasteiger partial charge in [-0.25, -0.2) is 4.79 Å². The van der Waals surface area contributed by atoms with Crippen molar-refractivity contribution in [2.45, 2.75) is 25.9 Å². The zero-order valence-electron chi connectivity index (χ0n) is 12.8. The Hall–Kier alpha value is -3.07. The van der Waals surface area contributed by atoms with E-state index in [4.69, 9.17) is 9.68 Å². The first kappa shape index (κ1) is 14.9. The van der Waals surface area contributed by atoms with Crippen molar-refractivity contribution >= 4 is 11.9 Å². The predicted octanol–water partition coefficient (Wildman–Crippen LogP) is 2.43. The smallest absolute Gasteiger partial charge is 0.325 e. The Kier molecular flexibility index (Phi) is 3.41. The lowest BCUT2D eigenvalue weighted by Gasteiger charge is -2.19. The summed E-state index contributed by atoms with van der Waals surface area (Å²) in [5.41, 5.74) is -0.165. The number of imide groups is 1. The molecule has 3 rings (SSSR count). The fourth-order valence-corrected chi connectivity index (χ4v) is 2.65. The number of benzene rings is 1. The van der Waals surface area contributed by atoms with Crippen LogP contribution in [0, 0.1) is 18.3 Å². The number of nitriles is 1. The van der Waals surface area contributed by atoms with Gasteiger partial charge in [-0.3, -0.25) is 9.69 Å². The van der Waals surface area contributed by atoms with Crippen molar-refractivity contribution in [3.05, 3.63) is 59.0 Å². The third-order valence-corrected chi connectivity index (χ3v) is 3.97. The fraction of sp³-hybridized carbons (Fsp3) is 0.235. The maximum atomic E-state index is 12.8. The minimum absolute atomic E-state index is 0.0453. The number of aryl methyl sites for hydroxylation is 1. The van der Waals surface area contributed by atoms with Crippen LogP contribution < -0.4 is 5.32 Å². The highest BCUT2D eigenvalue weighted by Crippen LogP contribution is 2.31. The molecule has 0 unspecified atom stereocenters. The van der Waals surface area contributed by atoms with E-state index in [9.17, 15) is 9.59 Å². The molecule has 0 radical (unpaired) electrons. The summed E-state index contributed by atoms with van der Waals surface area (Å²) in [7, 11) is 0. The van der Waals surface area contributed by atoms with Gasteiger partial charge in [0.25, 0.3) is 5.91 Å². The number of hydrogen-bond donors (Lipinski definition) is 1. The van der Waals surface area contributed by atoms with Crippen molar-refractivity contribution in [3.8, 4) is 6.07 Å². The molecule has 1 N–H and O–H groups in total. The van der Waals surface area contributed by atoms with E-state index in [2.05, 4.69) is 11.4 Å². The Morgan fingerprint density at radius 2 is 2.00 bits per heavy atom. The Morgan fingerprint density at radius 3 is 2.65 bits per heavy atom. The average molecular weight is 309 g/mol. The molecular formula is C17H15N3O3. The van der Waals surface area contributed by atoms with Crippen molar-refractivity contribution < 1.29 is 14.0 Å². The quantitative estimate of drug-likeness (QED) is 0.882. The molecule has 6 nitrogen and oxygen atoms in total. The maximum absolute atomic E-state index is 12.8. The highest BCUT2D eigenvalue weighted by Gasteiger charge is 2.51. The predicted molar refractivity (Wildman–Crippen MR) is 81.0 cm³/mol. The summed E-state index contributed by atoms with van der Waals surface area (Å²) in [5.74, 6) is 0.658. The number of nitrogens with one attached hydrogen (secondary N) is 1. The van der Waals surface area contributed by atoms with E-state index in [0.29, 0.717) is 22.6 Å². The zero-order chi connectivity index (χ0) is 16.6. The summed E-state index contributed by atoms with van der Waals surface area (Å²) < 4.78 is 5.52. The number of furan rings is 1. The third-order valence-electron chi connectivity index (χ3n) is 3.97. The summed E-state index contributed by atoms with van der Waals surface area (Å²) in [5, 5.41) is 11.8. The van der Waals surface area contributed by atoms with Crippen molar-refractivity contribution in [1.82, 2.24) is 10.2 Å².